The molecule has 0 bridgehead atoms. The van der Waals surface area contributed by atoms with Crippen molar-refractivity contribution in [1.82, 2.24) is 9.97 Å². The third-order valence-electron chi connectivity index (χ3n) is 2.88. The molecule has 0 unspecified atom stereocenters. The summed E-state index contributed by atoms with van der Waals surface area (Å²) in [7, 11) is 1.23. The number of benzene rings is 1. The van der Waals surface area contributed by atoms with Gasteiger partial charge in [0.05, 0.1) is 7.11 Å². The average Bonchev–Trinajstić information content (AvgIpc) is 2.41. The van der Waals surface area contributed by atoms with Gasteiger partial charge in [-0.2, -0.15) is 0 Å². The fourth-order valence-corrected chi connectivity index (χ4v) is 1.77. The highest BCUT2D eigenvalue weighted by molar-refractivity contribution is 5.88. The zero-order chi connectivity index (χ0) is 13.8. The van der Waals surface area contributed by atoms with E-state index < -0.39 is 11.5 Å². The molecule has 0 saturated carbocycles. The highest BCUT2D eigenvalue weighted by atomic mass is 16.5. The third-order valence-corrected chi connectivity index (χ3v) is 2.88. The highest BCUT2D eigenvalue weighted by Crippen LogP contribution is 2.10. The zero-order valence-corrected chi connectivity index (χ0v) is 10.8. The van der Waals surface area contributed by atoms with E-state index in [2.05, 4.69) is 14.7 Å². The standard InChI is InChI=1S/C14H14N2O3/c1-9-5-3-4-6-10(9)7-12-15-8-11(13(17)16-12)14(18)19-2/h3-6,8H,7H2,1-2H3,(H,15,16,17). The van der Waals surface area contributed by atoms with Gasteiger partial charge in [-0.25, -0.2) is 9.78 Å². The Kier molecular flexibility index (Phi) is 3.75. The maximum absolute atomic E-state index is 11.7. The number of carbonyl (C=O) groups is 1. The van der Waals surface area contributed by atoms with E-state index in [1.54, 1.807) is 0 Å². The van der Waals surface area contributed by atoms with Gasteiger partial charge in [-0.15, -0.1) is 0 Å². The van der Waals surface area contributed by atoms with E-state index in [4.69, 9.17) is 0 Å². The number of rotatable bonds is 3. The molecule has 1 aromatic heterocycles. The second kappa shape index (κ2) is 5.48. The molecule has 0 aliphatic heterocycles. The van der Waals surface area contributed by atoms with Crippen molar-refractivity contribution in [2.45, 2.75) is 13.3 Å². The molecule has 2 rings (SSSR count). The summed E-state index contributed by atoms with van der Waals surface area (Å²) in [6.07, 6.45) is 1.77. The maximum atomic E-state index is 11.7. The number of ether oxygens (including phenoxy) is 1. The van der Waals surface area contributed by atoms with Crippen molar-refractivity contribution in [3.63, 3.8) is 0 Å². The molecule has 5 heteroatoms. The smallest absolute Gasteiger partial charge is 0.345 e. The minimum atomic E-state index is -0.684. The molecule has 0 atom stereocenters. The second-order valence-electron chi connectivity index (χ2n) is 4.17. The van der Waals surface area contributed by atoms with Gasteiger partial charge >= 0.3 is 5.97 Å². The van der Waals surface area contributed by atoms with Gasteiger partial charge < -0.3 is 9.72 Å². The Morgan fingerprint density at radius 2 is 2.11 bits per heavy atom. The van der Waals surface area contributed by atoms with E-state index in [0.717, 1.165) is 11.1 Å². The molecule has 2 aromatic rings. The number of esters is 1. The Hall–Kier alpha value is -2.43. The number of hydrogen-bond acceptors (Lipinski definition) is 4. The SMILES string of the molecule is COC(=O)c1cnc(Cc2ccccc2C)[nH]c1=O. The summed E-state index contributed by atoms with van der Waals surface area (Å²) in [5, 5.41) is 0. The van der Waals surface area contributed by atoms with Crippen LogP contribution in [0.25, 0.3) is 0 Å². The van der Waals surface area contributed by atoms with Crippen LogP contribution in [0.4, 0.5) is 0 Å². The number of nitrogens with zero attached hydrogens (tertiary/aromatic N) is 1. The number of aromatic nitrogens is 2. The molecule has 19 heavy (non-hydrogen) atoms. The van der Waals surface area contributed by atoms with Crippen LogP contribution in [0, 0.1) is 6.92 Å². The van der Waals surface area contributed by atoms with Crippen LogP contribution >= 0.6 is 0 Å². The topological polar surface area (TPSA) is 72.0 Å². The molecule has 98 valence electrons. The van der Waals surface area contributed by atoms with Crippen LogP contribution < -0.4 is 5.56 Å². The largest absolute Gasteiger partial charge is 0.465 e. The molecule has 0 aliphatic rings. The summed E-state index contributed by atoms with van der Waals surface area (Å²) < 4.78 is 4.50. The molecule has 0 amide bonds. The number of aromatic amines is 1. The molecule has 0 fully saturated rings. The Labute approximate surface area is 110 Å². The number of nitrogens with one attached hydrogen (secondary N) is 1. The van der Waals surface area contributed by atoms with Crippen molar-refractivity contribution in [2.75, 3.05) is 7.11 Å². The summed E-state index contributed by atoms with van der Waals surface area (Å²) in [5.41, 5.74) is 1.64. The quantitative estimate of drug-likeness (QED) is 0.846. The van der Waals surface area contributed by atoms with Crippen molar-refractivity contribution in [3.8, 4) is 0 Å². The van der Waals surface area contributed by atoms with Crippen molar-refractivity contribution in [2.24, 2.45) is 0 Å². The van der Waals surface area contributed by atoms with Gasteiger partial charge in [0.1, 0.15) is 11.4 Å². The molecule has 0 aliphatic carbocycles. The fraction of sp³-hybridized carbons (Fsp3) is 0.214. The number of aryl methyl sites for hydroxylation is 1. The Morgan fingerprint density at radius 3 is 2.74 bits per heavy atom. The van der Waals surface area contributed by atoms with Crippen LogP contribution in [0.1, 0.15) is 27.3 Å². The lowest BCUT2D eigenvalue weighted by atomic mass is 10.1. The lowest BCUT2D eigenvalue weighted by Gasteiger charge is -2.05. The number of H-pyrrole nitrogens is 1. The maximum Gasteiger partial charge on any atom is 0.345 e. The molecule has 1 aromatic carbocycles. The molecule has 0 spiro atoms. The molecule has 0 saturated heterocycles. The van der Waals surface area contributed by atoms with E-state index in [9.17, 15) is 9.59 Å². The molecule has 1 N–H and O–H groups in total. The summed E-state index contributed by atoms with van der Waals surface area (Å²) in [6, 6.07) is 7.86. The van der Waals surface area contributed by atoms with Crippen LogP contribution in [0.5, 0.6) is 0 Å². The average molecular weight is 258 g/mol. The van der Waals surface area contributed by atoms with E-state index in [0.29, 0.717) is 12.2 Å². The molecule has 1 heterocycles. The predicted molar refractivity (Wildman–Crippen MR) is 70.2 cm³/mol. The number of carbonyl (C=O) groups excluding carboxylic acids is 1. The van der Waals surface area contributed by atoms with Gasteiger partial charge in [-0.3, -0.25) is 4.79 Å². The molecule has 0 radical (unpaired) electrons. The zero-order valence-electron chi connectivity index (χ0n) is 10.8. The van der Waals surface area contributed by atoms with Gasteiger partial charge in [-0.1, -0.05) is 24.3 Å². The van der Waals surface area contributed by atoms with Gasteiger partial charge in [0.2, 0.25) is 0 Å². The Morgan fingerprint density at radius 1 is 1.37 bits per heavy atom. The first kappa shape index (κ1) is 13.0. The Balaban J connectivity index is 2.29. The van der Waals surface area contributed by atoms with Crippen molar-refractivity contribution in [1.29, 1.82) is 0 Å². The first-order valence-corrected chi connectivity index (χ1v) is 5.83. The number of methoxy groups -OCH3 is 1. The fourth-order valence-electron chi connectivity index (χ4n) is 1.77. The highest BCUT2D eigenvalue weighted by Gasteiger charge is 2.12. The number of hydrogen-bond donors (Lipinski definition) is 1. The minimum absolute atomic E-state index is 0.0870. The lowest BCUT2D eigenvalue weighted by molar-refractivity contribution is 0.0598. The van der Waals surface area contributed by atoms with Crippen LogP contribution in [0.2, 0.25) is 0 Å². The molecular weight excluding hydrogens is 244 g/mol. The summed E-state index contributed by atoms with van der Waals surface area (Å²) in [6.45, 7) is 2.00. The minimum Gasteiger partial charge on any atom is -0.465 e. The van der Waals surface area contributed by atoms with Crippen LogP contribution in [-0.2, 0) is 11.2 Å². The van der Waals surface area contributed by atoms with Crippen molar-refractivity contribution in [3.05, 3.63) is 63.3 Å². The van der Waals surface area contributed by atoms with E-state index in [-0.39, 0.29) is 5.56 Å². The predicted octanol–water partition coefficient (Wildman–Crippen LogP) is 1.46. The lowest BCUT2D eigenvalue weighted by Crippen LogP contribution is -2.21. The third kappa shape index (κ3) is 2.88. The monoisotopic (exact) mass is 258 g/mol. The van der Waals surface area contributed by atoms with Gasteiger partial charge in [0.25, 0.3) is 5.56 Å². The van der Waals surface area contributed by atoms with Crippen molar-refractivity contribution >= 4 is 5.97 Å². The normalized spacial score (nSPS) is 10.2. The molecular formula is C14H14N2O3. The van der Waals surface area contributed by atoms with E-state index >= 15 is 0 Å². The summed E-state index contributed by atoms with van der Waals surface area (Å²) >= 11 is 0. The van der Waals surface area contributed by atoms with Crippen LogP contribution in [0.3, 0.4) is 0 Å². The molecule has 5 nitrogen and oxygen atoms in total. The van der Waals surface area contributed by atoms with E-state index in [1.165, 1.54) is 13.3 Å². The second-order valence-corrected chi connectivity index (χ2v) is 4.17. The Bertz CT molecular complexity index is 662. The van der Waals surface area contributed by atoms with Crippen LogP contribution in [-0.4, -0.2) is 23.0 Å². The summed E-state index contributed by atoms with van der Waals surface area (Å²) in [5.74, 6) is -0.164. The van der Waals surface area contributed by atoms with Crippen molar-refractivity contribution < 1.29 is 9.53 Å². The van der Waals surface area contributed by atoms with Crippen LogP contribution in [0.15, 0.2) is 35.3 Å². The first-order valence-electron chi connectivity index (χ1n) is 5.83. The summed E-state index contributed by atoms with van der Waals surface area (Å²) in [4.78, 5) is 29.7. The van der Waals surface area contributed by atoms with Gasteiger partial charge in [-0.05, 0) is 18.1 Å². The van der Waals surface area contributed by atoms with Gasteiger partial charge in [0, 0.05) is 12.6 Å². The first-order chi connectivity index (χ1) is 9.11. The van der Waals surface area contributed by atoms with E-state index in [1.807, 2.05) is 31.2 Å². The van der Waals surface area contributed by atoms with Gasteiger partial charge in [0.15, 0.2) is 0 Å².